The number of pyridine rings is 1. The van der Waals surface area contributed by atoms with Gasteiger partial charge in [0.05, 0.1) is 0 Å². The van der Waals surface area contributed by atoms with Gasteiger partial charge < -0.3 is 0 Å². The first kappa shape index (κ1) is 20.5. The minimum atomic E-state index is 0.463. The zero-order chi connectivity index (χ0) is 20.9. The second kappa shape index (κ2) is 9.33. The third-order valence-electron chi connectivity index (χ3n) is 6.04. The normalized spacial score (nSPS) is 20.2. The standard InChI is InChI=1S/C26H29N3O/c1-20-15-28(16-21(2)29(20)17-22-9-11-23(19-30)12-10-22)18-25-6-3-4-8-26(25)24-7-5-13-27-14-24/h3-14,19-21H,15-18H2,1-2H3. The van der Waals surface area contributed by atoms with Crippen LogP contribution in [-0.4, -0.2) is 46.2 Å². The summed E-state index contributed by atoms with van der Waals surface area (Å²) in [5.41, 5.74) is 5.78. The van der Waals surface area contributed by atoms with E-state index < -0.39 is 0 Å². The lowest BCUT2D eigenvalue weighted by atomic mass is 9.99. The van der Waals surface area contributed by atoms with E-state index in [4.69, 9.17) is 0 Å². The predicted octanol–water partition coefficient (Wildman–Crippen LogP) is 4.66. The van der Waals surface area contributed by atoms with Gasteiger partial charge >= 0.3 is 0 Å². The molecule has 4 heteroatoms. The molecule has 30 heavy (non-hydrogen) atoms. The van der Waals surface area contributed by atoms with Crippen molar-refractivity contribution in [1.29, 1.82) is 0 Å². The zero-order valence-corrected chi connectivity index (χ0v) is 17.7. The molecule has 1 fully saturated rings. The van der Waals surface area contributed by atoms with Gasteiger partial charge in [-0.2, -0.15) is 0 Å². The maximum Gasteiger partial charge on any atom is 0.150 e. The average molecular weight is 400 g/mol. The van der Waals surface area contributed by atoms with Crippen molar-refractivity contribution in [2.24, 2.45) is 0 Å². The Hall–Kier alpha value is -2.82. The van der Waals surface area contributed by atoms with Gasteiger partial charge in [0.15, 0.2) is 0 Å². The summed E-state index contributed by atoms with van der Waals surface area (Å²) in [5.74, 6) is 0. The minimum absolute atomic E-state index is 0.463. The quantitative estimate of drug-likeness (QED) is 0.565. The summed E-state index contributed by atoms with van der Waals surface area (Å²) >= 11 is 0. The van der Waals surface area contributed by atoms with Crippen LogP contribution in [0.5, 0.6) is 0 Å². The van der Waals surface area contributed by atoms with Crippen molar-refractivity contribution in [2.75, 3.05) is 13.1 Å². The van der Waals surface area contributed by atoms with Gasteiger partial charge in [-0.25, -0.2) is 0 Å². The summed E-state index contributed by atoms with van der Waals surface area (Å²) in [6, 6.07) is 21.7. The van der Waals surface area contributed by atoms with Gasteiger partial charge in [0, 0.05) is 61.8 Å². The number of hydrogen-bond donors (Lipinski definition) is 0. The van der Waals surface area contributed by atoms with Gasteiger partial charge in [0.1, 0.15) is 6.29 Å². The molecule has 1 saturated heterocycles. The second-order valence-electron chi connectivity index (χ2n) is 8.32. The van der Waals surface area contributed by atoms with Crippen molar-refractivity contribution in [3.8, 4) is 11.1 Å². The molecule has 4 rings (SSSR count). The molecule has 1 aliphatic heterocycles. The van der Waals surface area contributed by atoms with E-state index in [1.165, 1.54) is 22.3 Å². The molecule has 4 nitrogen and oxygen atoms in total. The zero-order valence-electron chi connectivity index (χ0n) is 17.7. The molecule has 0 bridgehead atoms. The van der Waals surface area contributed by atoms with Crippen LogP contribution in [0.4, 0.5) is 0 Å². The van der Waals surface area contributed by atoms with Crippen LogP contribution in [0, 0.1) is 0 Å². The summed E-state index contributed by atoms with van der Waals surface area (Å²) < 4.78 is 0. The van der Waals surface area contributed by atoms with Crippen LogP contribution in [0.1, 0.15) is 35.3 Å². The van der Waals surface area contributed by atoms with Gasteiger partial charge in [-0.1, -0.05) is 54.6 Å². The van der Waals surface area contributed by atoms with E-state index >= 15 is 0 Å². The molecule has 1 aliphatic rings. The molecule has 0 spiro atoms. The van der Waals surface area contributed by atoms with E-state index in [1.807, 2.05) is 30.6 Å². The Labute approximate surface area is 179 Å². The van der Waals surface area contributed by atoms with E-state index in [0.29, 0.717) is 12.1 Å². The number of benzene rings is 2. The number of aldehydes is 1. The summed E-state index contributed by atoms with van der Waals surface area (Å²) in [6.07, 6.45) is 4.66. The highest BCUT2D eigenvalue weighted by Gasteiger charge is 2.29. The fraction of sp³-hybridized carbons (Fsp3) is 0.308. The Bertz CT molecular complexity index is 959. The molecule has 0 aliphatic carbocycles. The first-order valence-corrected chi connectivity index (χ1v) is 10.6. The van der Waals surface area contributed by atoms with Crippen molar-refractivity contribution in [2.45, 2.75) is 39.0 Å². The van der Waals surface area contributed by atoms with Crippen LogP contribution in [0.25, 0.3) is 11.1 Å². The van der Waals surface area contributed by atoms with E-state index in [9.17, 15) is 4.79 Å². The van der Waals surface area contributed by atoms with Crippen LogP contribution < -0.4 is 0 Å². The molecule has 154 valence electrons. The first-order valence-electron chi connectivity index (χ1n) is 10.6. The highest BCUT2D eigenvalue weighted by molar-refractivity contribution is 5.74. The molecular formula is C26H29N3O. The largest absolute Gasteiger partial charge is 0.298 e. The molecule has 0 amide bonds. The van der Waals surface area contributed by atoms with E-state index in [2.05, 4.69) is 71.1 Å². The summed E-state index contributed by atoms with van der Waals surface area (Å²) in [6.45, 7) is 8.57. The van der Waals surface area contributed by atoms with Crippen LogP contribution in [0.2, 0.25) is 0 Å². The van der Waals surface area contributed by atoms with Gasteiger partial charge in [-0.3, -0.25) is 19.6 Å². The van der Waals surface area contributed by atoms with Crippen molar-refractivity contribution in [1.82, 2.24) is 14.8 Å². The van der Waals surface area contributed by atoms with Gasteiger partial charge in [-0.15, -0.1) is 0 Å². The fourth-order valence-electron chi connectivity index (χ4n) is 4.52. The van der Waals surface area contributed by atoms with Crippen LogP contribution in [0.15, 0.2) is 73.1 Å². The highest BCUT2D eigenvalue weighted by atomic mass is 16.1. The maximum atomic E-state index is 10.9. The SMILES string of the molecule is CC1CN(Cc2ccccc2-c2cccnc2)CC(C)N1Cc1ccc(C=O)cc1. The molecule has 2 aromatic carbocycles. The van der Waals surface area contributed by atoms with E-state index in [0.717, 1.165) is 38.0 Å². The Morgan fingerprint density at radius 2 is 1.67 bits per heavy atom. The number of aromatic nitrogens is 1. The third-order valence-corrected chi connectivity index (χ3v) is 6.04. The van der Waals surface area contributed by atoms with E-state index in [1.54, 1.807) is 0 Å². The number of rotatable bonds is 6. The smallest absolute Gasteiger partial charge is 0.150 e. The van der Waals surface area contributed by atoms with Gasteiger partial charge in [0.2, 0.25) is 0 Å². The first-order chi connectivity index (χ1) is 14.6. The number of hydrogen-bond acceptors (Lipinski definition) is 4. The molecule has 0 radical (unpaired) electrons. The van der Waals surface area contributed by atoms with Crippen molar-refractivity contribution in [3.05, 3.63) is 89.7 Å². The van der Waals surface area contributed by atoms with Crippen LogP contribution >= 0.6 is 0 Å². The fourth-order valence-corrected chi connectivity index (χ4v) is 4.52. The Morgan fingerprint density at radius 1 is 0.933 bits per heavy atom. The molecule has 2 atom stereocenters. The number of piperazine rings is 1. The summed E-state index contributed by atoms with van der Waals surface area (Å²) in [7, 11) is 0. The van der Waals surface area contributed by atoms with Crippen molar-refractivity contribution in [3.63, 3.8) is 0 Å². The number of nitrogens with zero attached hydrogens (tertiary/aromatic N) is 3. The molecule has 3 aromatic rings. The Balaban J connectivity index is 1.44. The molecule has 1 aromatic heterocycles. The Morgan fingerprint density at radius 3 is 2.33 bits per heavy atom. The topological polar surface area (TPSA) is 36.4 Å². The average Bonchev–Trinajstić information content (AvgIpc) is 2.78. The van der Waals surface area contributed by atoms with Crippen LogP contribution in [-0.2, 0) is 13.1 Å². The van der Waals surface area contributed by atoms with Crippen LogP contribution in [0.3, 0.4) is 0 Å². The predicted molar refractivity (Wildman–Crippen MR) is 121 cm³/mol. The molecule has 0 saturated carbocycles. The molecule has 0 N–H and O–H groups in total. The third kappa shape index (κ3) is 4.66. The maximum absolute atomic E-state index is 10.9. The highest BCUT2D eigenvalue weighted by Crippen LogP contribution is 2.26. The molecule has 2 unspecified atom stereocenters. The summed E-state index contributed by atoms with van der Waals surface area (Å²) in [5, 5.41) is 0. The molecular weight excluding hydrogens is 370 g/mol. The molecule has 2 heterocycles. The van der Waals surface area contributed by atoms with Crippen molar-refractivity contribution < 1.29 is 4.79 Å². The minimum Gasteiger partial charge on any atom is -0.298 e. The van der Waals surface area contributed by atoms with Crippen molar-refractivity contribution >= 4 is 6.29 Å². The van der Waals surface area contributed by atoms with E-state index in [-0.39, 0.29) is 0 Å². The summed E-state index contributed by atoms with van der Waals surface area (Å²) in [4.78, 5) is 20.3. The second-order valence-corrected chi connectivity index (χ2v) is 8.32. The van der Waals surface area contributed by atoms with Gasteiger partial charge in [-0.05, 0) is 36.6 Å². The number of carbonyl (C=O) groups is 1. The lowest BCUT2D eigenvalue weighted by molar-refractivity contribution is 0.0291. The lowest BCUT2D eigenvalue weighted by Crippen LogP contribution is -2.55. The Kier molecular flexibility index (Phi) is 6.36. The monoisotopic (exact) mass is 399 g/mol. The van der Waals surface area contributed by atoms with Gasteiger partial charge in [0.25, 0.3) is 0 Å². The number of carbonyl (C=O) groups excluding carboxylic acids is 1. The lowest BCUT2D eigenvalue weighted by Gasteiger charge is -2.44.